The van der Waals surface area contributed by atoms with E-state index in [0.29, 0.717) is 34.2 Å². The predicted octanol–water partition coefficient (Wildman–Crippen LogP) is 3.87. The Hall–Kier alpha value is -4.79. The number of esters is 1. The van der Waals surface area contributed by atoms with Crippen LogP contribution in [0.5, 0.6) is 17.2 Å². The molecule has 178 valence electrons. The van der Waals surface area contributed by atoms with Crippen molar-refractivity contribution in [1.29, 1.82) is 0 Å². The summed E-state index contributed by atoms with van der Waals surface area (Å²) in [5.41, 5.74) is 2.23. The number of hydrogen-bond donors (Lipinski definition) is 2. The number of fused-ring (bicyclic) bond motifs is 1. The molecular formula is C26H22N2O7. The van der Waals surface area contributed by atoms with E-state index in [4.69, 9.17) is 18.9 Å². The number of amides is 2. The summed E-state index contributed by atoms with van der Waals surface area (Å²) in [5.74, 6) is 0.468. The molecule has 0 saturated carbocycles. The van der Waals surface area contributed by atoms with Crippen molar-refractivity contribution < 1.29 is 33.3 Å². The molecular weight excluding hydrogens is 452 g/mol. The van der Waals surface area contributed by atoms with Gasteiger partial charge in [-0.3, -0.25) is 9.59 Å². The first-order valence-corrected chi connectivity index (χ1v) is 10.6. The third-order valence-electron chi connectivity index (χ3n) is 4.93. The topological polar surface area (TPSA) is 112 Å². The first kappa shape index (κ1) is 23.4. The van der Waals surface area contributed by atoms with E-state index in [-0.39, 0.29) is 12.7 Å². The standard InChI is InChI=1S/C26H22N2O7/c1-32-21-10-8-20(9-11-21)28-26(31)18-4-6-19(7-5-18)27-24(29)15-33-25(30)13-3-17-2-12-22-23(14-17)35-16-34-22/h2-14H,15-16H2,1H3,(H,27,29)(H,28,31)/b13-3+. The fourth-order valence-electron chi connectivity index (χ4n) is 3.15. The fraction of sp³-hybridized carbons (Fsp3) is 0.115. The first-order valence-electron chi connectivity index (χ1n) is 10.6. The average Bonchev–Trinajstić information content (AvgIpc) is 3.35. The van der Waals surface area contributed by atoms with Crippen LogP contribution >= 0.6 is 0 Å². The highest BCUT2D eigenvalue weighted by Crippen LogP contribution is 2.32. The molecule has 0 aliphatic carbocycles. The van der Waals surface area contributed by atoms with Gasteiger partial charge in [0.05, 0.1) is 7.11 Å². The number of methoxy groups -OCH3 is 1. The highest BCUT2D eigenvalue weighted by atomic mass is 16.7. The summed E-state index contributed by atoms with van der Waals surface area (Å²) in [6.45, 7) is -0.288. The molecule has 35 heavy (non-hydrogen) atoms. The van der Waals surface area contributed by atoms with Crippen LogP contribution in [0.4, 0.5) is 11.4 Å². The molecule has 0 fully saturated rings. The van der Waals surface area contributed by atoms with E-state index in [1.807, 2.05) is 0 Å². The summed E-state index contributed by atoms with van der Waals surface area (Å²) in [6.07, 6.45) is 2.78. The molecule has 2 amide bonds. The predicted molar refractivity (Wildman–Crippen MR) is 129 cm³/mol. The van der Waals surface area contributed by atoms with Crippen LogP contribution in [0, 0.1) is 0 Å². The van der Waals surface area contributed by atoms with Crippen LogP contribution < -0.4 is 24.8 Å². The van der Waals surface area contributed by atoms with Gasteiger partial charge in [-0.2, -0.15) is 0 Å². The summed E-state index contributed by atoms with van der Waals surface area (Å²) < 4.78 is 20.6. The SMILES string of the molecule is COc1ccc(NC(=O)c2ccc(NC(=O)COC(=O)/C=C/c3ccc4c(c3)OCO4)cc2)cc1. The molecule has 1 aliphatic heterocycles. The van der Waals surface area contributed by atoms with Crippen LogP contribution in [-0.4, -0.2) is 38.3 Å². The number of carbonyl (C=O) groups excluding carboxylic acids is 3. The van der Waals surface area contributed by atoms with Gasteiger partial charge in [0.2, 0.25) is 6.79 Å². The van der Waals surface area contributed by atoms with Crippen LogP contribution in [0.25, 0.3) is 6.08 Å². The second kappa shape index (κ2) is 10.9. The molecule has 1 heterocycles. The van der Waals surface area contributed by atoms with Crippen molar-refractivity contribution in [3.8, 4) is 17.2 Å². The molecule has 0 radical (unpaired) electrons. The minimum atomic E-state index is -0.664. The summed E-state index contributed by atoms with van der Waals surface area (Å²) in [6, 6.07) is 18.5. The minimum absolute atomic E-state index is 0.166. The van der Waals surface area contributed by atoms with Crippen molar-refractivity contribution in [1.82, 2.24) is 0 Å². The van der Waals surface area contributed by atoms with Crippen molar-refractivity contribution >= 4 is 35.2 Å². The van der Waals surface area contributed by atoms with E-state index < -0.39 is 18.5 Å². The zero-order chi connectivity index (χ0) is 24.6. The van der Waals surface area contributed by atoms with Gasteiger partial charge < -0.3 is 29.6 Å². The van der Waals surface area contributed by atoms with Gasteiger partial charge in [-0.25, -0.2) is 4.79 Å². The smallest absolute Gasteiger partial charge is 0.331 e. The molecule has 3 aromatic rings. The van der Waals surface area contributed by atoms with Gasteiger partial charge in [-0.05, 0) is 72.3 Å². The van der Waals surface area contributed by atoms with Crippen LogP contribution in [0.2, 0.25) is 0 Å². The van der Waals surface area contributed by atoms with Crippen molar-refractivity contribution in [2.24, 2.45) is 0 Å². The zero-order valence-electron chi connectivity index (χ0n) is 18.8. The molecule has 0 aromatic heterocycles. The van der Waals surface area contributed by atoms with Crippen LogP contribution in [0.1, 0.15) is 15.9 Å². The Morgan fingerprint density at radius 3 is 2.31 bits per heavy atom. The van der Waals surface area contributed by atoms with Gasteiger partial charge in [0.15, 0.2) is 18.1 Å². The lowest BCUT2D eigenvalue weighted by atomic mass is 10.2. The molecule has 0 unspecified atom stereocenters. The van der Waals surface area contributed by atoms with E-state index in [1.54, 1.807) is 79.9 Å². The Labute approximate surface area is 201 Å². The van der Waals surface area contributed by atoms with Crippen molar-refractivity contribution in [3.05, 3.63) is 83.9 Å². The van der Waals surface area contributed by atoms with Gasteiger partial charge >= 0.3 is 5.97 Å². The lowest BCUT2D eigenvalue weighted by Crippen LogP contribution is -2.20. The van der Waals surface area contributed by atoms with Crippen molar-refractivity contribution in [3.63, 3.8) is 0 Å². The Morgan fingerprint density at radius 2 is 1.57 bits per heavy atom. The average molecular weight is 474 g/mol. The maximum absolute atomic E-state index is 12.4. The summed E-state index contributed by atoms with van der Waals surface area (Å²) in [4.78, 5) is 36.4. The molecule has 1 aliphatic rings. The number of ether oxygens (including phenoxy) is 4. The van der Waals surface area contributed by atoms with Crippen molar-refractivity contribution in [2.45, 2.75) is 0 Å². The molecule has 9 heteroatoms. The van der Waals surface area contributed by atoms with Crippen LogP contribution in [-0.2, 0) is 14.3 Å². The second-order valence-electron chi connectivity index (χ2n) is 7.36. The quantitative estimate of drug-likeness (QED) is 0.376. The lowest BCUT2D eigenvalue weighted by Gasteiger charge is -2.08. The normalized spacial score (nSPS) is 11.7. The van der Waals surface area contributed by atoms with Crippen LogP contribution in [0.3, 0.4) is 0 Å². The van der Waals surface area contributed by atoms with Gasteiger partial charge in [-0.1, -0.05) is 6.07 Å². The van der Waals surface area contributed by atoms with E-state index in [1.165, 1.54) is 6.08 Å². The number of benzene rings is 3. The summed E-state index contributed by atoms with van der Waals surface area (Å²) in [7, 11) is 1.57. The molecule has 0 atom stereocenters. The minimum Gasteiger partial charge on any atom is -0.497 e. The Bertz CT molecular complexity index is 1250. The number of nitrogens with one attached hydrogen (secondary N) is 2. The third-order valence-corrected chi connectivity index (χ3v) is 4.93. The molecule has 9 nitrogen and oxygen atoms in total. The van der Waals surface area contributed by atoms with Gasteiger partial charge in [0.25, 0.3) is 11.8 Å². The lowest BCUT2D eigenvalue weighted by molar-refractivity contribution is -0.142. The molecule has 0 saturated heterocycles. The maximum Gasteiger partial charge on any atom is 0.331 e. The Kier molecular flexibility index (Phi) is 7.27. The molecule has 0 bridgehead atoms. The highest BCUT2D eigenvalue weighted by Gasteiger charge is 2.13. The number of anilines is 2. The van der Waals surface area contributed by atoms with E-state index in [9.17, 15) is 14.4 Å². The number of carbonyl (C=O) groups is 3. The highest BCUT2D eigenvalue weighted by molar-refractivity contribution is 6.04. The first-order chi connectivity index (χ1) is 17.0. The largest absolute Gasteiger partial charge is 0.497 e. The third kappa shape index (κ3) is 6.38. The Balaban J connectivity index is 1.22. The number of rotatable bonds is 8. The van der Waals surface area contributed by atoms with E-state index in [0.717, 1.165) is 5.56 Å². The summed E-state index contributed by atoms with van der Waals surface area (Å²) in [5, 5.41) is 5.39. The second-order valence-corrected chi connectivity index (χ2v) is 7.36. The summed E-state index contributed by atoms with van der Waals surface area (Å²) >= 11 is 0. The fourth-order valence-corrected chi connectivity index (χ4v) is 3.15. The van der Waals surface area contributed by atoms with E-state index in [2.05, 4.69) is 10.6 Å². The van der Waals surface area contributed by atoms with Crippen LogP contribution in [0.15, 0.2) is 72.8 Å². The van der Waals surface area contributed by atoms with Crippen molar-refractivity contribution in [2.75, 3.05) is 31.1 Å². The Morgan fingerprint density at radius 1 is 0.886 bits per heavy atom. The monoisotopic (exact) mass is 474 g/mol. The van der Waals surface area contributed by atoms with E-state index >= 15 is 0 Å². The van der Waals surface area contributed by atoms with Gasteiger partial charge in [0, 0.05) is 23.0 Å². The molecule has 3 aromatic carbocycles. The zero-order valence-corrected chi connectivity index (χ0v) is 18.8. The van der Waals surface area contributed by atoms with Gasteiger partial charge in [0.1, 0.15) is 5.75 Å². The maximum atomic E-state index is 12.4. The van der Waals surface area contributed by atoms with Gasteiger partial charge in [-0.15, -0.1) is 0 Å². The molecule has 4 rings (SSSR count). The number of hydrogen-bond acceptors (Lipinski definition) is 7. The molecule has 2 N–H and O–H groups in total. The molecule has 0 spiro atoms.